The van der Waals surface area contributed by atoms with Gasteiger partial charge in [-0.05, 0) is 19.0 Å². The van der Waals surface area contributed by atoms with Crippen molar-refractivity contribution in [3.05, 3.63) is 29.0 Å². The zero-order chi connectivity index (χ0) is 13.0. The van der Waals surface area contributed by atoms with Crippen molar-refractivity contribution in [3.63, 3.8) is 0 Å². The molecule has 2 rings (SSSR count). The van der Waals surface area contributed by atoms with Crippen molar-refractivity contribution < 1.29 is 4.79 Å². The number of hydrogen-bond acceptors (Lipinski definition) is 3. The molecule has 98 valence electrons. The quantitative estimate of drug-likeness (QED) is 0.839. The van der Waals surface area contributed by atoms with Crippen molar-refractivity contribution in [2.24, 2.45) is 0 Å². The Kier molecular flexibility index (Phi) is 4.55. The summed E-state index contributed by atoms with van der Waals surface area (Å²) in [5, 5.41) is 0.478. The van der Waals surface area contributed by atoms with Gasteiger partial charge in [0.1, 0.15) is 0 Å². The average molecular weight is 268 g/mol. The molecule has 1 saturated heterocycles. The van der Waals surface area contributed by atoms with Crippen molar-refractivity contribution in [1.29, 1.82) is 0 Å². The summed E-state index contributed by atoms with van der Waals surface area (Å²) < 4.78 is 0. The predicted octanol–water partition coefficient (Wildman–Crippen LogP) is 1.90. The maximum Gasteiger partial charge on any atom is 0.257 e. The molecule has 0 spiro atoms. The van der Waals surface area contributed by atoms with Gasteiger partial charge in [0.25, 0.3) is 5.91 Å². The van der Waals surface area contributed by atoms with Gasteiger partial charge < -0.3 is 4.90 Å². The second kappa shape index (κ2) is 6.16. The lowest BCUT2D eigenvalue weighted by atomic mass is 10.2. The molecule has 4 nitrogen and oxygen atoms in total. The number of aromatic nitrogens is 1. The Balaban J connectivity index is 1.98. The van der Waals surface area contributed by atoms with Crippen LogP contribution in [-0.2, 0) is 0 Å². The molecular formula is C13H18ClN3O. The normalized spacial score (nSPS) is 16.9. The Labute approximate surface area is 113 Å². The highest BCUT2D eigenvalue weighted by Gasteiger charge is 2.23. The van der Waals surface area contributed by atoms with Crippen molar-refractivity contribution in [1.82, 2.24) is 14.8 Å². The van der Waals surface area contributed by atoms with Gasteiger partial charge in [-0.3, -0.25) is 14.7 Å². The summed E-state index contributed by atoms with van der Waals surface area (Å²) in [7, 11) is 0. The van der Waals surface area contributed by atoms with Crippen LogP contribution in [0.3, 0.4) is 0 Å². The molecule has 0 aliphatic carbocycles. The molecule has 1 aromatic rings. The molecule has 0 aromatic carbocycles. The number of rotatable bonds is 3. The van der Waals surface area contributed by atoms with Crippen LogP contribution in [0.1, 0.15) is 23.7 Å². The number of carbonyl (C=O) groups excluding carboxylic acids is 1. The van der Waals surface area contributed by atoms with Gasteiger partial charge in [0, 0.05) is 38.6 Å². The van der Waals surface area contributed by atoms with Gasteiger partial charge in [-0.25, -0.2) is 0 Å². The molecule has 5 heteroatoms. The van der Waals surface area contributed by atoms with Crippen LogP contribution < -0.4 is 0 Å². The first kappa shape index (κ1) is 13.3. The van der Waals surface area contributed by atoms with Crippen LogP contribution in [0.4, 0.5) is 0 Å². The molecule has 1 aromatic heterocycles. The molecule has 0 bridgehead atoms. The Bertz CT molecular complexity index is 416. The predicted molar refractivity (Wildman–Crippen MR) is 71.9 cm³/mol. The summed E-state index contributed by atoms with van der Waals surface area (Å²) >= 11 is 6.02. The van der Waals surface area contributed by atoms with Crippen molar-refractivity contribution >= 4 is 17.5 Å². The van der Waals surface area contributed by atoms with Crippen molar-refractivity contribution in [3.8, 4) is 0 Å². The van der Waals surface area contributed by atoms with Gasteiger partial charge in [0.15, 0.2) is 0 Å². The molecule has 0 N–H and O–H groups in total. The number of amides is 1. The van der Waals surface area contributed by atoms with Gasteiger partial charge in [-0.2, -0.15) is 0 Å². The number of piperazine rings is 1. The Hall–Kier alpha value is -1.13. The van der Waals surface area contributed by atoms with Gasteiger partial charge in [-0.1, -0.05) is 18.5 Å². The third-order valence-electron chi connectivity index (χ3n) is 3.20. The van der Waals surface area contributed by atoms with E-state index < -0.39 is 0 Å². The molecule has 1 fully saturated rings. The van der Waals surface area contributed by atoms with E-state index in [9.17, 15) is 4.79 Å². The van der Waals surface area contributed by atoms with Crippen molar-refractivity contribution in [2.75, 3.05) is 32.7 Å². The molecule has 0 saturated carbocycles. The maximum absolute atomic E-state index is 12.3. The smallest absolute Gasteiger partial charge is 0.257 e. The monoisotopic (exact) mass is 267 g/mol. The van der Waals surface area contributed by atoms with Gasteiger partial charge in [0.2, 0.25) is 0 Å². The summed E-state index contributed by atoms with van der Waals surface area (Å²) in [6.45, 7) is 6.70. The van der Waals surface area contributed by atoms with Gasteiger partial charge in [0.05, 0.1) is 10.6 Å². The number of halogens is 1. The summed E-state index contributed by atoms with van der Waals surface area (Å²) in [6, 6.07) is 1.65. The third kappa shape index (κ3) is 3.00. The lowest BCUT2D eigenvalue weighted by Crippen LogP contribution is -2.48. The van der Waals surface area contributed by atoms with E-state index >= 15 is 0 Å². The fraction of sp³-hybridized carbons (Fsp3) is 0.538. The highest BCUT2D eigenvalue weighted by atomic mass is 35.5. The minimum absolute atomic E-state index is 0.00996. The SMILES string of the molecule is CCCN1CCN(C(=O)c2cnccc2Cl)CC1. The average Bonchev–Trinajstić information content (AvgIpc) is 2.40. The first-order valence-corrected chi connectivity index (χ1v) is 6.71. The fourth-order valence-electron chi connectivity index (χ4n) is 2.20. The third-order valence-corrected chi connectivity index (χ3v) is 3.53. The lowest BCUT2D eigenvalue weighted by molar-refractivity contribution is 0.0637. The molecule has 1 amide bonds. The highest BCUT2D eigenvalue weighted by Crippen LogP contribution is 2.16. The minimum Gasteiger partial charge on any atom is -0.336 e. The Morgan fingerprint density at radius 1 is 1.39 bits per heavy atom. The minimum atomic E-state index is -0.00996. The van der Waals surface area contributed by atoms with Crippen molar-refractivity contribution in [2.45, 2.75) is 13.3 Å². The highest BCUT2D eigenvalue weighted by molar-refractivity contribution is 6.33. The summed E-state index contributed by atoms with van der Waals surface area (Å²) in [5.41, 5.74) is 0.503. The van der Waals surface area contributed by atoms with Crippen LogP contribution in [0.25, 0.3) is 0 Å². The number of hydrogen-bond donors (Lipinski definition) is 0. The van der Waals surface area contributed by atoms with Crippen LogP contribution in [0.5, 0.6) is 0 Å². The van der Waals surface area contributed by atoms with Crippen LogP contribution in [0.15, 0.2) is 18.5 Å². The molecule has 1 aliphatic heterocycles. The van der Waals surface area contributed by atoms with E-state index in [-0.39, 0.29) is 5.91 Å². The molecule has 18 heavy (non-hydrogen) atoms. The second-order valence-corrected chi connectivity index (χ2v) is 4.90. The first-order chi connectivity index (χ1) is 8.72. The van der Waals surface area contributed by atoms with E-state index in [1.807, 2.05) is 4.90 Å². The fourth-order valence-corrected chi connectivity index (χ4v) is 2.38. The number of carbonyl (C=O) groups is 1. The summed E-state index contributed by atoms with van der Waals surface area (Å²) in [4.78, 5) is 20.5. The van der Waals surface area contributed by atoms with E-state index in [4.69, 9.17) is 11.6 Å². The van der Waals surface area contributed by atoms with Crippen LogP contribution in [0, 0.1) is 0 Å². The van der Waals surface area contributed by atoms with E-state index in [1.165, 1.54) is 0 Å². The number of pyridine rings is 1. The molecule has 1 aliphatic rings. The topological polar surface area (TPSA) is 36.4 Å². The van der Waals surface area contributed by atoms with Crippen LogP contribution >= 0.6 is 11.6 Å². The molecular weight excluding hydrogens is 250 g/mol. The van der Waals surface area contributed by atoms with Crippen LogP contribution in [0.2, 0.25) is 5.02 Å². The molecule has 0 atom stereocenters. The standard InChI is InChI=1S/C13H18ClN3O/c1-2-5-16-6-8-17(9-7-16)13(18)11-10-15-4-3-12(11)14/h3-4,10H,2,5-9H2,1H3. The van der Waals surface area contributed by atoms with E-state index in [1.54, 1.807) is 18.5 Å². The second-order valence-electron chi connectivity index (χ2n) is 4.49. The van der Waals surface area contributed by atoms with E-state index in [0.29, 0.717) is 10.6 Å². The maximum atomic E-state index is 12.3. The van der Waals surface area contributed by atoms with Gasteiger partial charge in [-0.15, -0.1) is 0 Å². The van der Waals surface area contributed by atoms with Crippen LogP contribution in [-0.4, -0.2) is 53.4 Å². The molecule has 0 unspecified atom stereocenters. The summed E-state index contributed by atoms with van der Waals surface area (Å²) in [6.07, 6.45) is 4.30. The Morgan fingerprint density at radius 3 is 2.72 bits per heavy atom. The van der Waals surface area contributed by atoms with E-state index in [2.05, 4.69) is 16.8 Å². The zero-order valence-electron chi connectivity index (χ0n) is 10.6. The largest absolute Gasteiger partial charge is 0.336 e. The van der Waals surface area contributed by atoms with Gasteiger partial charge >= 0.3 is 0 Å². The number of nitrogens with zero attached hydrogens (tertiary/aromatic N) is 3. The summed E-state index contributed by atoms with van der Waals surface area (Å²) in [5.74, 6) is -0.00996. The van der Waals surface area contributed by atoms with E-state index in [0.717, 1.165) is 39.1 Å². The lowest BCUT2D eigenvalue weighted by Gasteiger charge is -2.34. The molecule has 2 heterocycles. The Morgan fingerprint density at radius 2 is 2.11 bits per heavy atom. The zero-order valence-corrected chi connectivity index (χ0v) is 11.4. The first-order valence-electron chi connectivity index (χ1n) is 6.33. The molecule has 0 radical (unpaired) electrons.